The van der Waals surface area contributed by atoms with E-state index in [-0.39, 0.29) is 11.2 Å². The van der Waals surface area contributed by atoms with Gasteiger partial charge < -0.3 is 5.73 Å². The molecular weight excluding hydrogens is 272 g/mol. The zero-order chi connectivity index (χ0) is 15.2. The molecule has 0 aromatic heterocycles. The molecule has 1 rings (SSSR count). The fraction of sp³-hybridized carbons (Fsp3) is 0.600. The van der Waals surface area contributed by atoms with E-state index in [9.17, 15) is 8.42 Å². The number of benzene rings is 1. The van der Waals surface area contributed by atoms with Crippen LogP contribution < -0.4 is 5.73 Å². The van der Waals surface area contributed by atoms with Gasteiger partial charge in [0, 0.05) is 13.1 Å². The normalized spacial score (nSPS) is 12.8. The van der Waals surface area contributed by atoms with Gasteiger partial charge in [0.1, 0.15) is 0 Å². The van der Waals surface area contributed by atoms with Crippen LogP contribution in [0.15, 0.2) is 30.3 Å². The Hall–Kier alpha value is -0.910. The fourth-order valence-electron chi connectivity index (χ4n) is 1.98. The van der Waals surface area contributed by atoms with Gasteiger partial charge in [-0.15, -0.1) is 0 Å². The van der Waals surface area contributed by atoms with Gasteiger partial charge in [-0.1, -0.05) is 51.1 Å². The number of sulfonamides is 1. The molecule has 0 aliphatic rings. The van der Waals surface area contributed by atoms with E-state index < -0.39 is 10.0 Å². The van der Waals surface area contributed by atoms with Crippen LogP contribution in [0.2, 0.25) is 0 Å². The molecule has 0 radical (unpaired) electrons. The van der Waals surface area contributed by atoms with Crippen molar-refractivity contribution in [1.82, 2.24) is 4.31 Å². The van der Waals surface area contributed by atoms with Crippen LogP contribution >= 0.6 is 0 Å². The van der Waals surface area contributed by atoms with Gasteiger partial charge in [-0.25, -0.2) is 12.7 Å². The van der Waals surface area contributed by atoms with Gasteiger partial charge in [-0.2, -0.15) is 0 Å². The first-order valence-corrected chi connectivity index (χ1v) is 8.63. The maximum absolute atomic E-state index is 12.6. The average molecular weight is 298 g/mol. The number of nitrogens with zero attached hydrogens (tertiary/aromatic N) is 1. The first kappa shape index (κ1) is 17.1. The number of hydrogen-bond acceptors (Lipinski definition) is 3. The standard InChI is InChI=1S/C15H26N2O2S/c1-4-10-17(13-15(2,3)12-16)20(18,19)11-14-8-6-5-7-9-14/h5-9H,4,10-13,16H2,1-3H3. The minimum Gasteiger partial charge on any atom is -0.330 e. The number of rotatable bonds is 8. The van der Waals surface area contributed by atoms with Gasteiger partial charge in [-0.05, 0) is 23.9 Å². The molecule has 5 heteroatoms. The molecule has 0 saturated heterocycles. The van der Waals surface area contributed by atoms with E-state index in [1.54, 1.807) is 4.31 Å². The fourth-order valence-corrected chi connectivity index (χ4v) is 3.79. The van der Waals surface area contributed by atoms with Crippen molar-refractivity contribution in [2.45, 2.75) is 32.9 Å². The summed E-state index contributed by atoms with van der Waals surface area (Å²) in [6.45, 7) is 7.45. The van der Waals surface area contributed by atoms with Crippen molar-refractivity contribution < 1.29 is 8.42 Å². The molecule has 0 aliphatic carbocycles. The van der Waals surface area contributed by atoms with Crippen LogP contribution in [-0.4, -0.2) is 32.4 Å². The van der Waals surface area contributed by atoms with Crippen LogP contribution in [0.4, 0.5) is 0 Å². The van der Waals surface area contributed by atoms with E-state index in [0.717, 1.165) is 12.0 Å². The number of nitrogens with two attached hydrogens (primary N) is 1. The smallest absolute Gasteiger partial charge is 0.218 e. The Morgan fingerprint density at radius 2 is 1.80 bits per heavy atom. The third-order valence-corrected chi connectivity index (χ3v) is 5.01. The molecule has 20 heavy (non-hydrogen) atoms. The van der Waals surface area contributed by atoms with Gasteiger partial charge in [0.15, 0.2) is 0 Å². The Balaban J connectivity index is 2.89. The summed E-state index contributed by atoms with van der Waals surface area (Å²) >= 11 is 0. The maximum Gasteiger partial charge on any atom is 0.218 e. The Kier molecular flexibility index (Phi) is 6.17. The molecule has 2 N–H and O–H groups in total. The van der Waals surface area contributed by atoms with Gasteiger partial charge >= 0.3 is 0 Å². The van der Waals surface area contributed by atoms with Gasteiger partial charge in [0.2, 0.25) is 10.0 Å². The largest absolute Gasteiger partial charge is 0.330 e. The lowest BCUT2D eigenvalue weighted by atomic mass is 9.94. The lowest BCUT2D eigenvalue weighted by molar-refractivity contribution is 0.266. The van der Waals surface area contributed by atoms with Gasteiger partial charge in [0.25, 0.3) is 0 Å². The molecular formula is C15H26N2O2S. The van der Waals surface area contributed by atoms with Crippen LogP contribution in [0.3, 0.4) is 0 Å². The molecule has 114 valence electrons. The van der Waals surface area contributed by atoms with E-state index in [0.29, 0.717) is 19.6 Å². The van der Waals surface area contributed by atoms with E-state index in [4.69, 9.17) is 5.73 Å². The van der Waals surface area contributed by atoms with Gasteiger partial charge in [0.05, 0.1) is 5.75 Å². The Morgan fingerprint density at radius 3 is 2.30 bits per heavy atom. The third kappa shape index (κ3) is 5.23. The highest BCUT2D eigenvalue weighted by Gasteiger charge is 2.28. The minimum atomic E-state index is -3.30. The molecule has 0 atom stereocenters. The molecule has 4 nitrogen and oxygen atoms in total. The van der Waals surface area contributed by atoms with Crippen molar-refractivity contribution in [3.05, 3.63) is 35.9 Å². The van der Waals surface area contributed by atoms with E-state index in [1.165, 1.54) is 0 Å². The summed E-state index contributed by atoms with van der Waals surface area (Å²) in [5.41, 5.74) is 6.33. The Bertz CT molecular complexity index is 498. The maximum atomic E-state index is 12.6. The highest BCUT2D eigenvalue weighted by molar-refractivity contribution is 7.88. The van der Waals surface area contributed by atoms with E-state index >= 15 is 0 Å². The van der Waals surface area contributed by atoms with Crippen LogP contribution in [0, 0.1) is 5.41 Å². The molecule has 0 heterocycles. The molecule has 1 aromatic rings. The molecule has 0 spiro atoms. The first-order valence-electron chi connectivity index (χ1n) is 7.02. The van der Waals surface area contributed by atoms with Crippen molar-refractivity contribution in [3.63, 3.8) is 0 Å². The molecule has 0 bridgehead atoms. The van der Waals surface area contributed by atoms with Crippen molar-refractivity contribution >= 4 is 10.0 Å². The molecule has 0 unspecified atom stereocenters. The monoisotopic (exact) mass is 298 g/mol. The predicted octanol–water partition coefficient (Wildman–Crippen LogP) is 2.21. The van der Waals surface area contributed by atoms with Crippen molar-refractivity contribution in [2.24, 2.45) is 11.1 Å². The van der Waals surface area contributed by atoms with E-state index in [2.05, 4.69) is 0 Å². The second-order valence-electron chi connectivity index (χ2n) is 5.94. The summed E-state index contributed by atoms with van der Waals surface area (Å²) < 4.78 is 26.7. The SMILES string of the molecule is CCCN(CC(C)(C)CN)S(=O)(=O)Cc1ccccc1. The summed E-state index contributed by atoms with van der Waals surface area (Å²) in [7, 11) is -3.30. The predicted molar refractivity (Wildman–Crippen MR) is 83.8 cm³/mol. The van der Waals surface area contributed by atoms with Crippen molar-refractivity contribution in [1.29, 1.82) is 0 Å². The second kappa shape index (κ2) is 7.20. The molecule has 0 saturated carbocycles. The number of hydrogen-bond donors (Lipinski definition) is 1. The molecule has 0 aliphatic heterocycles. The van der Waals surface area contributed by atoms with Crippen LogP contribution in [0.25, 0.3) is 0 Å². The highest BCUT2D eigenvalue weighted by atomic mass is 32.2. The van der Waals surface area contributed by atoms with Gasteiger partial charge in [-0.3, -0.25) is 0 Å². The quantitative estimate of drug-likeness (QED) is 0.800. The third-order valence-electron chi connectivity index (χ3n) is 3.22. The van der Waals surface area contributed by atoms with E-state index in [1.807, 2.05) is 51.1 Å². The average Bonchev–Trinajstić information content (AvgIpc) is 2.39. The zero-order valence-corrected chi connectivity index (χ0v) is 13.5. The topological polar surface area (TPSA) is 63.4 Å². The summed E-state index contributed by atoms with van der Waals surface area (Å²) in [4.78, 5) is 0. The second-order valence-corrected chi connectivity index (χ2v) is 7.91. The van der Waals surface area contributed by atoms with Crippen LogP contribution in [0.1, 0.15) is 32.8 Å². The Morgan fingerprint density at radius 1 is 1.20 bits per heavy atom. The summed E-state index contributed by atoms with van der Waals surface area (Å²) in [6.07, 6.45) is 0.800. The van der Waals surface area contributed by atoms with Crippen molar-refractivity contribution in [3.8, 4) is 0 Å². The highest BCUT2D eigenvalue weighted by Crippen LogP contribution is 2.20. The summed E-state index contributed by atoms with van der Waals surface area (Å²) in [5.74, 6) is 0.0501. The van der Waals surface area contributed by atoms with Crippen molar-refractivity contribution in [2.75, 3.05) is 19.6 Å². The summed E-state index contributed by atoms with van der Waals surface area (Å²) in [5, 5.41) is 0. The lowest BCUT2D eigenvalue weighted by Gasteiger charge is -2.31. The first-order chi connectivity index (χ1) is 9.30. The zero-order valence-electron chi connectivity index (χ0n) is 12.7. The Labute approximate surface area is 123 Å². The minimum absolute atomic E-state index is 0.0501. The molecule has 1 aromatic carbocycles. The lowest BCUT2D eigenvalue weighted by Crippen LogP contribution is -2.42. The molecule has 0 fully saturated rings. The molecule has 0 amide bonds. The summed E-state index contributed by atoms with van der Waals surface area (Å²) in [6, 6.07) is 9.29. The van der Waals surface area contributed by atoms with Crippen LogP contribution in [0.5, 0.6) is 0 Å². The van der Waals surface area contributed by atoms with Crippen LogP contribution in [-0.2, 0) is 15.8 Å².